The van der Waals surface area contributed by atoms with Gasteiger partial charge in [-0.05, 0) is 44.2 Å². The number of nitrogens with one attached hydrogen (secondary N) is 3. The maximum absolute atomic E-state index is 13.0. The van der Waals surface area contributed by atoms with E-state index in [4.69, 9.17) is 11.5 Å². The van der Waals surface area contributed by atoms with Crippen LogP contribution in [0.3, 0.4) is 0 Å². The molecule has 0 spiro atoms. The third-order valence-corrected chi connectivity index (χ3v) is 5.14. The molecule has 4 unspecified atom stereocenters. The predicted molar refractivity (Wildman–Crippen MR) is 125 cm³/mol. The minimum Gasteiger partial charge on any atom is -0.480 e. The summed E-state index contributed by atoms with van der Waals surface area (Å²) in [7, 11) is 0. The van der Waals surface area contributed by atoms with E-state index >= 15 is 0 Å². The average molecular weight is 464 g/mol. The zero-order valence-electron chi connectivity index (χ0n) is 19.5. The monoisotopic (exact) mass is 463 g/mol. The van der Waals surface area contributed by atoms with Crippen molar-refractivity contribution in [1.29, 1.82) is 0 Å². The van der Waals surface area contributed by atoms with Gasteiger partial charge in [0.1, 0.15) is 18.1 Å². The zero-order chi connectivity index (χ0) is 25.0. The van der Waals surface area contributed by atoms with E-state index in [0.29, 0.717) is 19.4 Å². The van der Waals surface area contributed by atoms with E-state index in [1.54, 1.807) is 38.1 Å². The minimum absolute atomic E-state index is 0.102. The summed E-state index contributed by atoms with van der Waals surface area (Å²) < 4.78 is 0. The summed E-state index contributed by atoms with van der Waals surface area (Å²) in [6.07, 6.45) is 1.58. The van der Waals surface area contributed by atoms with Crippen molar-refractivity contribution in [3.05, 3.63) is 35.9 Å². The van der Waals surface area contributed by atoms with Crippen LogP contribution in [0.5, 0.6) is 0 Å². The molecule has 184 valence electrons. The van der Waals surface area contributed by atoms with E-state index in [-0.39, 0.29) is 18.8 Å². The molecule has 0 aliphatic carbocycles. The molecule has 1 aromatic carbocycles. The Balaban J connectivity index is 2.96. The summed E-state index contributed by atoms with van der Waals surface area (Å²) in [4.78, 5) is 49.6. The lowest BCUT2D eigenvalue weighted by Crippen LogP contribution is -2.58. The number of aliphatic carboxylic acids is 1. The number of unbranched alkanes of at least 4 members (excludes halogenated alkanes) is 1. The second-order valence-electron chi connectivity index (χ2n) is 8.45. The van der Waals surface area contributed by atoms with Crippen molar-refractivity contribution in [3.63, 3.8) is 0 Å². The molecule has 4 atom stereocenters. The Kier molecular flexibility index (Phi) is 12.1. The third kappa shape index (κ3) is 10.0. The molecule has 0 heterocycles. The van der Waals surface area contributed by atoms with Crippen molar-refractivity contribution in [3.8, 4) is 0 Å². The fourth-order valence-corrected chi connectivity index (χ4v) is 3.16. The summed E-state index contributed by atoms with van der Waals surface area (Å²) in [6.45, 7) is 5.45. The van der Waals surface area contributed by atoms with Gasteiger partial charge in [-0.3, -0.25) is 14.4 Å². The first-order chi connectivity index (χ1) is 15.6. The third-order valence-electron chi connectivity index (χ3n) is 5.14. The summed E-state index contributed by atoms with van der Waals surface area (Å²) in [6, 6.07) is 5.11. The van der Waals surface area contributed by atoms with Crippen molar-refractivity contribution in [1.82, 2.24) is 16.0 Å². The predicted octanol–water partition coefficient (Wildman–Crippen LogP) is -0.0997. The minimum atomic E-state index is -1.18. The molecule has 0 aliphatic heterocycles. The zero-order valence-corrected chi connectivity index (χ0v) is 19.5. The summed E-state index contributed by atoms with van der Waals surface area (Å²) in [5.74, 6) is -3.07. The fourth-order valence-electron chi connectivity index (χ4n) is 3.16. The van der Waals surface area contributed by atoms with Crippen molar-refractivity contribution < 1.29 is 24.3 Å². The van der Waals surface area contributed by atoms with Crippen LogP contribution in [0, 0.1) is 5.92 Å². The van der Waals surface area contributed by atoms with Crippen LogP contribution in [0.25, 0.3) is 0 Å². The number of rotatable bonds is 14. The number of carbonyl (C=O) groups excluding carboxylic acids is 3. The van der Waals surface area contributed by atoms with Crippen molar-refractivity contribution in [2.24, 2.45) is 17.4 Å². The van der Waals surface area contributed by atoms with Gasteiger partial charge in [0.05, 0.1) is 6.04 Å². The first kappa shape index (κ1) is 28.1. The Bertz CT molecular complexity index is 785. The Morgan fingerprint density at radius 3 is 2.00 bits per heavy atom. The number of carboxylic acids is 1. The fraction of sp³-hybridized carbons (Fsp3) is 0.565. The maximum Gasteiger partial charge on any atom is 0.326 e. The molecule has 0 saturated heterocycles. The SMILES string of the molecule is CC(N)C(=O)NC(C(=O)NC(CCCCN)C(=O)NC(Cc1ccccc1)C(=O)O)C(C)C. The van der Waals surface area contributed by atoms with Crippen LogP contribution >= 0.6 is 0 Å². The van der Waals surface area contributed by atoms with Crippen LogP contribution < -0.4 is 27.4 Å². The van der Waals surface area contributed by atoms with Gasteiger partial charge < -0.3 is 32.5 Å². The smallest absolute Gasteiger partial charge is 0.326 e. The molecule has 8 N–H and O–H groups in total. The molecule has 1 aromatic rings. The number of hydrogen-bond acceptors (Lipinski definition) is 6. The highest BCUT2D eigenvalue weighted by atomic mass is 16.4. The van der Waals surface area contributed by atoms with Gasteiger partial charge in [0, 0.05) is 6.42 Å². The summed E-state index contributed by atoms with van der Waals surface area (Å²) >= 11 is 0. The number of carbonyl (C=O) groups is 4. The highest BCUT2D eigenvalue weighted by molar-refractivity contribution is 5.94. The van der Waals surface area contributed by atoms with Gasteiger partial charge in [0.25, 0.3) is 0 Å². The van der Waals surface area contributed by atoms with Gasteiger partial charge in [0.15, 0.2) is 0 Å². The standard InChI is InChI=1S/C23H37N5O5/c1-14(2)19(28-20(29)15(3)25)22(31)26-17(11-7-8-12-24)21(30)27-18(23(32)33)13-16-9-5-4-6-10-16/h4-6,9-10,14-15,17-19H,7-8,11-13,24-25H2,1-3H3,(H,26,31)(H,27,30)(H,28,29)(H,32,33). The number of benzene rings is 1. The molecule has 33 heavy (non-hydrogen) atoms. The van der Waals surface area contributed by atoms with Gasteiger partial charge in [-0.2, -0.15) is 0 Å². The largest absolute Gasteiger partial charge is 0.480 e. The number of carboxylic acid groups (broad SMARTS) is 1. The van der Waals surface area contributed by atoms with E-state index in [9.17, 15) is 24.3 Å². The quantitative estimate of drug-likeness (QED) is 0.209. The molecular formula is C23H37N5O5. The second kappa shape index (κ2) is 14.2. The molecule has 1 rings (SSSR count). The topological polar surface area (TPSA) is 177 Å². The normalized spacial score (nSPS) is 14.6. The molecule has 3 amide bonds. The number of nitrogens with two attached hydrogens (primary N) is 2. The first-order valence-corrected chi connectivity index (χ1v) is 11.2. The lowest BCUT2D eigenvalue weighted by Gasteiger charge is -2.26. The molecule has 0 aliphatic rings. The Labute approximate surface area is 194 Å². The van der Waals surface area contributed by atoms with E-state index in [0.717, 1.165) is 5.56 Å². The summed E-state index contributed by atoms with van der Waals surface area (Å²) in [5, 5.41) is 17.4. The van der Waals surface area contributed by atoms with Crippen LogP contribution in [-0.4, -0.2) is 59.5 Å². The van der Waals surface area contributed by atoms with Crippen molar-refractivity contribution in [2.45, 2.75) is 70.6 Å². The van der Waals surface area contributed by atoms with Crippen LogP contribution in [0.2, 0.25) is 0 Å². The molecule has 10 heteroatoms. The number of hydrogen-bond donors (Lipinski definition) is 6. The molecule has 0 bridgehead atoms. The van der Waals surface area contributed by atoms with Gasteiger partial charge in [-0.25, -0.2) is 4.79 Å². The lowest BCUT2D eigenvalue weighted by molar-refractivity contribution is -0.142. The highest BCUT2D eigenvalue weighted by Gasteiger charge is 2.31. The van der Waals surface area contributed by atoms with Gasteiger partial charge >= 0.3 is 5.97 Å². The molecule has 0 aromatic heterocycles. The van der Waals surface area contributed by atoms with Crippen LogP contribution in [0.1, 0.15) is 45.6 Å². The van der Waals surface area contributed by atoms with Crippen LogP contribution in [0.15, 0.2) is 30.3 Å². The second-order valence-corrected chi connectivity index (χ2v) is 8.45. The number of amides is 3. The molecule has 0 fully saturated rings. The highest BCUT2D eigenvalue weighted by Crippen LogP contribution is 2.08. The van der Waals surface area contributed by atoms with Crippen molar-refractivity contribution in [2.75, 3.05) is 6.54 Å². The Morgan fingerprint density at radius 1 is 0.879 bits per heavy atom. The van der Waals surface area contributed by atoms with E-state index < -0.39 is 47.9 Å². The van der Waals surface area contributed by atoms with E-state index in [1.165, 1.54) is 6.92 Å². The Hall–Kier alpha value is -2.98. The summed E-state index contributed by atoms with van der Waals surface area (Å²) in [5.41, 5.74) is 11.9. The molecule has 0 radical (unpaired) electrons. The lowest BCUT2D eigenvalue weighted by atomic mass is 10.0. The van der Waals surface area contributed by atoms with Crippen LogP contribution in [0.4, 0.5) is 0 Å². The van der Waals surface area contributed by atoms with Crippen molar-refractivity contribution >= 4 is 23.7 Å². The van der Waals surface area contributed by atoms with E-state index in [1.807, 2.05) is 6.07 Å². The Morgan fingerprint density at radius 2 is 1.48 bits per heavy atom. The average Bonchev–Trinajstić information content (AvgIpc) is 2.76. The van der Waals surface area contributed by atoms with Crippen LogP contribution in [-0.2, 0) is 25.6 Å². The van der Waals surface area contributed by atoms with Gasteiger partial charge in [-0.1, -0.05) is 44.2 Å². The van der Waals surface area contributed by atoms with Gasteiger partial charge in [-0.15, -0.1) is 0 Å². The molecular weight excluding hydrogens is 426 g/mol. The van der Waals surface area contributed by atoms with Gasteiger partial charge in [0.2, 0.25) is 17.7 Å². The molecule has 0 saturated carbocycles. The first-order valence-electron chi connectivity index (χ1n) is 11.2. The maximum atomic E-state index is 13.0. The van der Waals surface area contributed by atoms with E-state index in [2.05, 4.69) is 16.0 Å². The molecule has 10 nitrogen and oxygen atoms in total.